The molecule has 0 aliphatic heterocycles. The Morgan fingerprint density at radius 3 is 2.85 bits per heavy atom. The highest BCUT2D eigenvalue weighted by Gasteiger charge is 2.09. The third-order valence-electron chi connectivity index (χ3n) is 3.24. The van der Waals surface area contributed by atoms with Gasteiger partial charge in [-0.3, -0.25) is 0 Å². The van der Waals surface area contributed by atoms with Crippen molar-refractivity contribution in [3.8, 4) is 0 Å². The average Bonchev–Trinajstić information content (AvgIpc) is 2.67. The van der Waals surface area contributed by atoms with Crippen LogP contribution in [0.3, 0.4) is 0 Å². The van der Waals surface area contributed by atoms with Crippen molar-refractivity contribution in [2.24, 2.45) is 0 Å². The van der Waals surface area contributed by atoms with Crippen LogP contribution in [0.15, 0.2) is 40.9 Å². The summed E-state index contributed by atoms with van der Waals surface area (Å²) in [7, 11) is 0. The lowest BCUT2D eigenvalue weighted by molar-refractivity contribution is 0.622. The molecule has 2 nitrogen and oxygen atoms in total. The second kappa shape index (κ2) is 5.14. The van der Waals surface area contributed by atoms with Gasteiger partial charge in [-0.25, -0.2) is 4.39 Å². The minimum absolute atomic E-state index is 0.288. The summed E-state index contributed by atoms with van der Waals surface area (Å²) in [5.41, 5.74) is 3.95. The molecule has 5 heteroatoms. The molecule has 1 aromatic heterocycles. The Morgan fingerprint density at radius 1 is 1.30 bits per heavy atom. The van der Waals surface area contributed by atoms with Crippen LogP contribution in [0, 0.1) is 17.5 Å². The zero-order valence-corrected chi connectivity index (χ0v) is 13.2. The van der Waals surface area contributed by atoms with Crippen molar-refractivity contribution in [1.82, 2.24) is 9.55 Å². The molecule has 1 heterocycles. The van der Waals surface area contributed by atoms with E-state index in [0.717, 1.165) is 16.6 Å². The number of aryl methyl sites for hydroxylation is 1. The Bertz CT molecular complexity index is 851. The van der Waals surface area contributed by atoms with Crippen molar-refractivity contribution in [3.63, 3.8) is 0 Å². The third-order valence-corrected chi connectivity index (χ3v) is 4.17. The molecule has 0 atom stereocenters. The van der Waals surface area contributed by atoms with Gasteiger partial charge in [0, 0.05) is 6.07 Å². The van der Waals surface area contributed by atoms with E-state index in [4.69, 9.17) is 12.2 Å². The molecule has 0 radical (unpaired) electrons. The zero-order chi connectivity index (χ0) is 14.3. The van der Waals surface area contributed by atoms with Crippen molar-refractivity contribution in [3.05, 3.63) is 62.6 Å². The van der Waals surface area contributed by atoms with Gasteiger partial charge in [0.25, 0.3) is 0 Å². The molecular formula is C15H12BrFN2S. The van der Waals surface area contributed by atoms with Crippen molar-refractivity contribution in [2.45, 2.75) is 13.5 Å². The van der Waals surface area contributed by atoms with Gasteiger partial charge >= 0.3 is 0 Å². The minimum atomic E-state index is -0.288. The Kier molecular flexibility index (Phi) is 3.48. The summed E-state index contributed by atoms with van der Waals surface area (Å²) in [6.45, 7) is 2.68. The third kappa shape index (κ3) is 2.43. The van der Waals surface area contributed by atoms with Crippen molar-refractivity contribution >= 4 is 39.2 Å². The molecule has 0 amide bonds. The largest absolute Gasteiger partial charge is 0.331 e. The van der Waals surface area contributed by atoms with Gasteiger partial charge in [0.05, 0.1) is 22.1 Å². The number of nitrogens with one attached hydrogen (secondary N) is 1. The van der Waals surface area contributed by atoms with E-state index in [-0.39, 0.29) is 5.82 Å². The van der Waals surface area contributed by atoms with E-state index in [0.29, 0.717) is 15.8 Å². The number of imidazole rings is 1. The van der Waals surface area contributed by atoms with Crippen LogP contribution in [0.1, 0.15) is 11.1 Å². The maximum absolute atomic E-state index is 13.7. The molecule has 0 fully saturated rings. The predicted molar refractivity (Wildman–Crippen MR) is 85.1 cm³/mol. The van der Waals surface area contributed by atoms with E-state index in [9.17, 15) is 4.39 Å². The Labute approximate surface area is 129 Å². The van der Waals surface area contributed by atoms with Crippen molar-refractivity contribution in [1.29, 1.82) is 0 Å². The number of fused-ring (bicyclic) bond motifs is 1. The maximum Gasteiger partial charge on any atom is 0.178 e. The summed E-state index contributed by atoms with van der Waals surface area (Å²) < 4.78 is 16.7. The predicted octanol–water partition coefficient (Wildman–Crippen LogP) is 4.96. The van der Waals surface area contributed by atoms with E-state index < -0.39 is 0 Å². The van der Waals surface area contributed by atoms with Crippen LogP contribution in [0.5, 0.6) is 0 Å². The first-order valence-corrected chi connectivity index (χ1v) is 7.38. The van der Waals surface area contributed by atoms with Crippen LogP contribution in [0.2, 0.25) is 0 Å². The number of rotatable bonds is 2. The van der Waals surface area contributed by atoms with Crippen molar-refractivity contribution in [2.75, 3.05) is 0 Å². The first kappa shape index (κ1) is 13.5. The van der Waals surface area contributed by atoms with Crippen LogP contribution in [-0.2, 0) is 6.54 Å². The van der Waals surface area contributed by atoms with Gasteiger partial charge in [-0.2, -0.15) is 0 Å². The summed E-state index contributed by atoms with van der Waals surface area (Å²) in [4.78, 5) is 3.11. The molecule has 102 valence electrons. The number of hydrogen-bond acceptors (Lipinski definition) is 1. The molecule has 3 rings (SSSR count). The van der Waals surface area contributed by atoms with Gasteiger partial charge in [0.1, 0.15) is 5.82 Å². The molecule has 3 aromatic rings. The van der Waals surface area contributed by atoms with Crippen LogP contribution in [0.25, 0.3) is 11.0 Å². The van der Waals surface area contributed by atoms with E-state index in [1.807, 2.05) is 16.7 Å². The number of halogens is 2. The number of H-pyrrole nitrogens is 1. The van der Waals surface area contributed by atoms with Crippen LogP contribution < -0.4 is 0 Å². The lowest BCUT2D eigenvalue weighted by Crippen LogP contribution is -2.00. The van der Waals surface area contributed by atoms with Gasteiger partial charge in [0.15, 0.2) is 4.77 Å². The molecule has 0 aliphatic carbocycles. The van der Waals surface area contributed by atoms with Gasteiger partial charge in [-0.15, -0.1) is 0 Å². The lowest BCUT2D eigenvalue weighted by atomic mass is 10.1. The fourth-order valence-electron chi connectivity index (χ4n) is 2.30. The van der Waals surface area contributed by atoms with E-state index >= 15 is 0 Å². The summed E-state index contributed by atoms with van der Waals surface area (Å²) >= 11 is 8.53. The fraction of sp³-hybridized carbons (Fsp3) is 0.133. The molecule has 0 aliphatic rings. The number of aromatic amines is 1. The smallest absolute Gasteiger partial charge is 0.178 e. The molecule has 0 saturated carbocycles. The van der Waals surface area contributed by atoms with Gasteiger partial charge in [-0.1, -0.05) is 29.8 Å². The quantitative estimate of drug-likeness (QED) is 0.648. The molecule has 2 aromatic carbocycles. The number of benzene rings is 2. The molecule has 0 spiro atoms. The van der Waals surface area contributed by atoms with Crippen LogP contribution in [-0.4, -0.2) is 9.55 Å². The number of nitrogens with zero attached hydrogens (tertiary/aromatic N) is 1. The Morgan fingerprint density at radius 2 is 2.10 bits per heavy atom. The highest BCUT2D eigenvalue weighted by molar-refractivity contribution is 9.10. The topological polar surface area (TPSA) is 20.7 Å². The minimum Gasteiger partial charge on any atom is -0.331 e. The summed E-state index contributed by atoms with van der Waals surface area (Å²) in [6.07, 6.45) is 0. The first-order chi connectivity index (χ1) is 9.54. The summed E-state index contributed by atoms with van der Waals surface area (Å²) in [5, 5.41) is 0. The Balaban J connectivity index is 2.14. The molecule has 20 heavy (non-hydrogen) atoms. The molecule has 0 unspecified atom stereocenters. The average molecular weight is 351 g/mol. The van der Waals surface area contributed by atoms with Crippen molar-refractivity contribution < 1.29 is 4.39 Å². The standard InChI is InChI=1S/C15H12BrFN2S/c1-9-3-2-4-10(5-9)8-19-14-7-12(17)11(16)6-13(14)18-15(19)20/h2-7H,8H2,1H3,(H,18,20). The number of aromatic nitrogens is 2. The second-order valence-electron chi connectivity index (χ2n) is 4.79. The molecular weight excluding hydrogens is 339 g/mol. The highest BCUT2D eigenvalue weighted by atomic mass is 79.9. The highest BCUT2D eigenvalue weighted by Crippen LogP contribution is 2.24. The maximum atomic E-state index is 13.7. The molecule has 0 saturated heterocycles. The fourth-order valence-corrected chi connectivity index (χ4v) is 2.92. The van der Waals surface area contributed by atoms with Gasteiger partial charge in [0.2, 0.25) is 0 Å². The van der Waals surface area contributed by atoms with E-state index in [2.05, 4.69) is 40.0 Å². The number of hydrogen-bond donors (Lipinski definition) is 1. The normalized spacial score (nSPS) is 11.2. The monoisotopic (exact) mass is 350 g/mol. The summed E-state index contributed by atoms with van der Waals surface area (Å²) in [5.74, 6) is -0.288. The second-order valence-corrected chi connectivity index (χ2v) is 6.03. The van der Waals surface area contributed by atoms with Crippen LogP contribution >= 0.6 is 28.1 Å². The zero-order valence-electron chi connectivity index (χ0n) is 10.8. The Hall–Kier alpha value is -1.46. The summed E-state index contributed by atoms with van der Waals surface area (Å²) in [6, 6.07) is 11.4. The lowest BCUT2D eigenvalue weighted by Gasteiger charge is -2.06. The van der Waals surface area contributed by atoms with Gasteiger partial charge < -0.3 is 9.55 Å². The SMILES string of the molecule is Cc1cccc(Cn2c(=S)[nH]c3cc(Br)c(F)cc32)c1. The van der Waals surface area contributed by atoms with Crippen LogP contribution in [0.4, 0.5) is 4.39 Å². The molecule has 1 N–H and O–H groups in total. The molecule has 0 bridgehead atoms. The van der Waals surface area contributed by atoms with E-state index in [1.54, 1.807) is 6.07 Å². The van der Waals surface area contributed by atoms with Gasteiger partial charge in [-0.05, 0) is 46.7 Å². The van der Waals surface area contributed by atoms with E-state index in [1.165, 1.54) is 11.6 Å². The first-order valence-electron chi connectivity index (χ1n) is 6.18.